The Labute approximate surface area is 179 Å². The van der Waals surface area contributed by atoms with Gasteiger partial charge in [-0.05, 0) is 55.5 Å². The number of methoxy groups -OCH3 is 1. The van der Waals surface area contributed by atoms with Crippen LogP contribution in [0.25, 0.3) is 39.6 Å². The van der Waals surface area contributed by atoms with Gasteiger partial charge in [0.25, 0.3) is 0 Å². The number of aromatic nitrogens is 5. The van der Waals surface area contributed by atoms with Crippen LogP contribution in [0, 0.1) is 6.92 Å². The summed E-state index contributed by atoms with van der Waals surface area (Å²) in [5.74, 6) is 1.81. The number of benzene rings is 1. The molecule has 0 saturated heterocycles. The van der Waals surface area contributed by atoms with Crippen molar-refractivity contribution >= 4 is 17.0 Å². The number of hydrogen-bond donors (Lipinski definition) is 1. The van der Waals surface area contributed by atoms with Gasteiger partial charge in [0.05, 0.1) is 30.3 Å². The van der Waals surface area contributed by atoms with E-state index in [-0.39, 0.29) is 0 Å². The molecule has 0 atom stereocenters. The van der Waals surface area contributed by atoms with E-state index in [0.29, 0.717) is 17.4 Å². The molecule has 0 amide bonds. The largest absolute Gasteiger partial charge is 0.495 e. The molecule has 0 bridgehead atoms. The lowest BCUT2D eigenvalue weighted by Crippen LogP contribution is -2.02. The highest BCUT2D eigenvalue weighted by Crippen LogP contribution is 2.31. The van der Waals surface area contributed by atoms with Crippen molar-refractivity contribution in [2.45, 2.75) is 6.92 Å². The standard InChI is InChI=1S/C24H20N6O/c1-15-5-7-16(8-6-15)30-23(18-4-3-13-26-22(18)25)29-21-12-11-20(28-24(21)30)19-10-9-17(31-2)14-27-19/h3-14H,1-2H3,(H2,25,26). The van der Waals surface area contributed by atoms with Crippen molar-refractivity contribution in [1.82, 2.24) is 24.5 Å². The van der Waals surface area contributed by atoms with E-state index in [2.05, 4.69) is 29.0 Å². The van der Waals surface area contributed by atoms with Crippen molar-refractivity contribution in [3.63, 3.8) is 0 Å². The molecule has 7 nitrogen and oxygen atoms in total. The fraction of sp³-hybridized carbons (Fsp3) is 0.0833. The van der Waals surface area contributed by atoms with Crippen LogP contribution in [-0.4, -0.2) is 31.6 Å². The average molecular weight is 408 g/mol. The fourth-order valence-corrected chi connectivity index (χ4v) is 3.48. The smallest absolute Gasteiger partial charge is 0.165 e. The van der Waals surface area contributed by atoms with Gasteiger partial charge in [-0.15, -0.1) is 0 Å². The molecule has 5 aromatic rings. The topological polar surface area (TPSA) is 91.7 Å². The zero-order valence-electron chi connectivity index (χ0n) is 17.1. The Morgan fingerprint density at radius 3 is 2.39 bits per heavy atom. The highest BCUT2D eigenvalue weighted by atomic mass is 16.5. The van der Waals surface area contributed by atoms with Crippen LogP contribution in [0.5, 0.6) is 5.75 Å². The lowest BCUT2D eigenvalue weighted by molar-refractivity contribution is 0.413. The number of hydrogen-bond acceptors (Lipinski definition) is 6. The van der Waals surface area contributed by atoms with Crippen molar-refractivity contribution in [2.75, 3.05) is 12.8 Å². The third-order valence-electron chi connectivity index (χ3n) is 5.11. The Kier molecular flexibility index (Phi) is 4.55. The summed E-state index contributed by atoms with van der Waals surface area (Å²) < 4.78 is 7.22. The normalized spacial score (nSPS) is 11.0. The number of rotatable bonds is 4. The molecule has 0 spiro atoms. The van der Waals surface area contributed by atoms with E-state index in [1.165, 1.54) is 5.56 Å². The molecule has 1 aromatic carbocycles. The van der Waals surface area contributed by atoms with E-state index in [9.17, 15) is 0 Å². The number of fused-ring (bicyclic) bond motifs is 1. The predicted molar refractivity (Wildman–Crippen MR) is 121 cm³/mol. The molecule has 0 aliphatic heterocycles. The molecule has 4 aromatic heterocycles. The van der Waals surface area contributed by atoms with Gasteiger partial charge in [-0.3, -0.25) is 9.55 Å². The van der Waals surface area contributed by atoms with Crippen LogP contribution in [0.3, 0.4) is 0 Å². The van der Waals surface area contributed by atoms with Gasteiger partial charge in [0.15, 0.2) is 11.5 Å². The molecule has 2 N–H and O–H groups in total. The second kappa shape index (κ2) is 7.53. The molecule has 0 unspecified atom stereocenters. The van der Waals surface area contributed by atoms with E-state index >= 15 is 0 Å². The molecule has 0 aliphatic carbocycles. The molecule has 31 heavy (non-hydrogen) atoms. The van der Waals surface area contributed by atoms with Gasteiger partial charge < -0.3 is 10.5 Å². The summed E-state index contributed by atoms with van der Waals surface area (Å²) in [6, 6.07) is 19.6. The molecule has 5 rings (SSSR count). The Morgan fingerprint density at radius 2 is 1.68 bits per heavy atom. The summed E-state index contributed by atoms with van der Waals surface area (Å²) in [5, 5.41) is 0. The molecular weight excluding hydrogens is 388 g/mol. The summed E-state index contributed by atoms with van der Waals surface area (Å²) in [4.78, 5) is 18.5. The van der Waals surface area contributed by atoms with Crippen LogP contribution >= 0.6 is 0 Å². The van der Waals surface area contributed by atoms with Crippen molar-refractivity contribution in [3.8, 4) is 34.2 Å². The van der Waals surface area contributed by atoms with Gasteiger partial charge >= 0.3 is 0 Å². The van der Waals surface area contributed by atoms with E-state index < -0.39 is 0 Å². The Morgan fingerprint density at radius 1 is 0.871 bits per heavy atom. The van der Waals surface area contributed by atoms with Crippen molar-refractivity contribution in [2.24, 2.45) is 0 Å². The molecular formula is C24H20N6O. The Balaban J connectivity index is 1.76. The lowest BCUT2D eigenvalue weighted by atomic mass is 10.2. The maximum atomic E-state index is 6.19. The number of imidazole rings is 1. The molecule has 0 saturated carbocycles. The van der Waals surface area contributed by atoms with E-state index in [1.807, 2.05) is 53.1 Å². The Hall–Kier alpha value is -4.26. The second-order valence-electron chi connectivity index (χ2n) is 7.17. The molecule has 0 fully saturated rings. The van der Waals surface area contributed by atoms with Crippen molar-refractivity contribution < 1.29 is 4.74 Å². The first-order valence-electron chi connectivity index (χ1n) is 9.82. The van der Waals surface area contributed by atoms with Gasteiger partial charge in [0.1, 0.15) is 17.1 Å². The second-order valence-corrected chi connectivity index (χ2v) is 7.17. The summed E-state index contributed by atoms with van der Waals surface area (Å²) >= 11 is 0. The summed E-state index contributed by atoms with van der Waals surface area (Å²) in [7, 11) is 1.62. The van der Waals surface area contributed by atoms with Crippen molar-refractivity contribution in [1.29, 1.82) is 0 Å². The maximum absolute atomic E-state index is 6.19. The average Bonchev–Trinajstić information content (AvgIpc) is 3.18. The van der Waals surface area contributed by atoms with E-state index in [0.717, 1.165) is 33.8 Å². The van der Waals surface area contributed by atoms with Crippen LogP contribution in [0.2, 0.25) is 0 Å². The zero-order valence-corrected chi connectivity index (χ0v) is 17.1. The minimum atomic E-state index is 0.420. The lowest BCUT2D eigenvalue weighted by Gasteiger charge is -2.11. The minimum Gasteiger partial charge on any atom is -0.495 e. The number of pyridine rings is 3. The minimum absolute atomic E-state index is 0.420. The highest BCUT2D eigenvalue weighted by Gasteiger charge is 2.18. The number of anilines is 1. The highest BCUT2D eigenvalue weighted by molar-refractivity contribution is 5.84. The van der Waals surface area contributed by atoms with Gasteiger partial charge in [-0.1, -0.05) is 17.7 Å². The monoisotopic (exact) mass is 408 g/mol. The molecule has 7 heteroatoms. The molecule has 4 heterocycles. The van der Waals surface area contributed by atoms with Crippen LogP contribution < -0.4 is 10.5 Å². The van der Waals surface area contributed by atoms with Crippen LogP contribution in [0.4, 0.5) is 5.82 Å². The molecule has 0 radical (unpaired) electrons. The van der Waals surface area contributed by atoms with Gasteiger partial charge in [0.2, 0.25) is 0 Å². The van der Waals surface area contributed by atoms with Gasteiger partial charge in [-0.25, -0.2) is 15.0 Å². The van der Waals surface area contributed by atoms with E-state index in [4.69, 9.17) is 20.4 Å². The quantitative estimate of drug-likeness (QED) is 0.473. The van der Waals surface area contributed by atoms with Crippen LogP contribution in [0.15, 0.2) is 73.1 Å². The Bertz CT molecular complexity index is 1370. The van der Waals surface area contributed by atoms with Gasteiger partial charge in [-0.2, -0.15) is 0 Å². The third kappa shape index (κ3) is 3.36. The number of ether oxygens (including phenoxy) is 1. The molecule has 152 valence electrons. The third-order valence-corrected chi connectivity index (χ3v) is 5.11. The fourth-order valence-electron chi connectivity index (χ4n) is 3.48. The SMILES string of the molecule is COc1ccc(-c2ccc3nc(-c4cccnc4N)n(-c4ccc(C)cc4)c3n2)nc1. The first-order valence-corrected chi connectivity index (χ1v) is 9.82. The predicted octanol–water partition coefficient (Wildman–Crippen LogP) is 4.44. The van der Waals surface area contributed by atoms with Crippen LogP contribution in [-0.2, 0) is 0 Å². The summed E-state index contributed by atoms with van der Waals surface area (Å²) in [6.07, 6.45) is 3.35. The number of nitrogen functional groups attached to an aromatic ring is 1. The maximum Gasteiger partial charge on any atom is 0.165 e. The number of nitrogens with two attached hydrogens (primary N) is 1. The van der Waals surface area contributed by atoms with E-state index in [1.54, 1.807) is 19.5 Å². The zero-order chi connectivity index (χ0) is 21.4. The number of aryl methyl sites for hydroxylation is 1. The molecule has 0 aliphatic rings. The summed E-state index contributed by atoms with van der Waals surface area (Å²) in [6.45, 7) is 2.06. The first-order chi connectivity index (χ1) is 15.1. The summed E-state index contributed by atoms with van der Waals surface area (Å²) in [5.41, 5.74) is 12.0. The van der Waals surface area contributed by atoms with Crippen molar-refractivity contribution in [3.05, 3.63) is 78.6 Å². The number of nitrogens with zero attached hydrogens (tertiary/aromatic N) is 5. The van der Waals surface area contributed by atoms with Gasteiger partial charge in [0, 0.05) is 11.9 Å². The van der Waals surface area contributed by atoms with Crippen LogP contribution in [0.1, 0.15) is 5.56 Å². The first kappa shape index (κ1) is 18.7.